The van der Waals surface area contributed by atoms with Crippen LogP contribution in [0.2, 0.25) is 0 Å². The highest BCUT2D eigenvalue weighted by atomic mass is 16.3. The topological polar surface area (TPSA) is 78.4 Å². The van der Waals surface area contributed by atoms with Crippen molar-refractivity contribution in [2.24, 2.45) is 5.41 Å². The minimum Gasteiger partial charge on any atom is -0.388 e. The third kappa shape index (κ3) is 6.37. The summed E-state index contributed by atoms with van der Waals surface area (Å²) in [6, 6.07) is 0. The number of amides is 2. The number of aliphatic hydroxyl groups is 1. The first-order valence-corrected chi connectivity index (χ1v) is 7.09. The maximum absolute atomic E-state index is 11.8. The van der Waals surface area contributed by atoms with Crippen LogP contribution in [-0.2, 0) is 9.59 Å². The fraction of sp³-hybridized carbons (Fsp3) is 0.867. The molecule has 5 nitrogen and oxygen atoms in total. The van der Waals surface area contributed by atoms with Crippen LogP contribution in [0, 0.1) is 5.41 Å². The fourth-order valence-corrected chi connectivity index (χ4v) is 1.28. The van der Waals surface area contributed by atoms with Gasteiger partial charge in [-0.05, 0) is 34.1 Å². The van der Waals surface area contributed by atoms with Gasteiger partial charge in [-0.1, -0.05) is 20.8 Å². The lowest BCUT2D eigenvalue weighted by molar-refractivity contribution is -0.129. The molecule has 0 aliphatic carbocycles. The lowest BCUT2D eigenvalue weighted by Crippen LogP contribution is -2.57. The number of hydrogen-bond acceptors (Lipinski definition) is 3. The van der Waals surface area contributed by atoms with E-state index >= 15 is 0 Å². The minimum absolute atomic E-state index is 0.0188. The van der Waals surface area contributed by atoms with Crippen LogP contribution in [-0.4, -0.2) is 34.6 Å². The van der Waals surface area contributed by atoms with Crippen molar-refractivity contribution in [2.75, 3.05) is 6.54 Å². The predicted molar refractivity (Wildman–Crippen MR) is 80.2 cm³/mol. The molecule has 0 fully saturated rings. The van der Waals surface area contributed by atoms with E-state index in [1.165, 1.54) is 0 Å². The second kappa shape index (κ2) is 6.57. The molecule has 0 rings (SSSR count). The van der Waals surface area contributed by atoms with Gasteiger partial charge >= 0.3 is 0 Å². The lowest BCUT2D eigenvalue weighted by atomic mass is 9.86. The number of carbonyl (C=O) groups is 2. The number of hydrogen-bond donors (Lipinski definition) is 3. The zero-order chi connectivity index (χ0) is 16.2. The number of rotatable bonds is 6. The Morgan fingerprint density at radius 2 is 1.50 bits per heavy atom. The standard InChI is InChI=1S/C15H30N2O3/c1-13(2,3)12(19)16-10-8-9-11(18)17-14(4,5)15(6,7)20/h20H,8-10H2,1-7H3,(H,16,19)(H,17,18). The molecule has 2 amide bonds. The van der Waals surface area contributed by atoms with Crippen molar-refractivity contribution in [3.8, 4) is 0 Å². The summed E-state index contributed by atoms with van der Waals surface area (Å²) in [4.78, 5) is 23.4. The van der Waals surface area contributed by atoms with E-state index in [0.717, 1.165) is 0 Å². The van der Waals surface area contributed by atoms with Crippen molar-refractivity contribution in [1.82, 2.24) is 10.6 Å². The van der Waals surface area contributed by atoms with Crippen LogP contribution in [0.25, 0.3) is 0 Å². The average Bonchev–Trinajstić information content (AvgIpc) is 2.20. The van der Waals surface area contributed by atoms with E-state index < -0.39 is 16.6 Å². The van der Waals surface area contributed by atoms with Crippen molar-refractivity contribution in [3.05, 3.63) is 0 Å². The third-order valence-corrected chi connectivity index (χ3v) is 3.53. The van der Waals surface area contributed by atoms with Crippen LogP contribution in [0.1, 0.15) is 61.3 Å². The van der Waals surface area contributed by atoms with Crippen LogP contribution in [0.3, 0.4) is 0 Å². The molecule has 20 heavy (non-hydrogen) atoms. The van der Waals surface area contributed by atoms with Crippen LogP contribution < -0.4 is 10.6 Å². The van der Waals surface area contributed by atoms with Gasteiger partial charge in [0.25, 0.3) is 0 Å². The van der Waals surface area contributed by atoms with E-state index in [-0.39, 0.29) is 11.8 Å². The lowest BCUT2D eigenvalue weighted by Gasteiger charge is -2.38. The molecular weight excluding hydrogens is 256 g/mol. The summed E-state index contributed by atoms with van der Waals surface area (Å²) in [7, 11) is 0. The van der Waals surface area contributed by atoms with Gasteiger partial charge < -0.3 is 15.7 Å². The molecule has 0 aromatic heterocycles. The van der Waals surface area contributed by atoms with Gasteiger partial charge in [0.2, 0.25) is 11.8 Å². The van der Waals surface area contributed by atoms with Crippen molar-refractivity contribution in [1.29, 1.82) is 0 Å². The molecule has 0 aliphatic rings. The van der Waals surface area contributed by atoms with Gasteiger partial charge in [-0.2, -0.15) is 0 Å². The molecule has 0 bridgehead atoms. The third-order valence-electron chi connectivity index (χ3n) is 3.53. The summed E-state index contributed by atoms with van der Waals surface area (Å²) in [6.07, 6.45) is 0.902. The first-order chi connectivity index (χ1) is 8.77. The van der Waals surface area contributed by atoms with Crippen LogP contribution in [0.15, 0.2) is 0 Å². The van der Waals surface area contributed by atoms with E-state index in [4.69, 9.17) is 0 Å². The molecule has 0 unspecified atom stereocenters. The molecular formula is C15H30N2O3. The summed E-state index contributed by atoms with van der Waals surface area (Å²) in [6.45, 7) is 12.9. The van der Waals surface area contributed by atoms with E-state index in [2.05, 4.69) is 10.6 Å². The van der Waals surface area contributed by atoms with E-state index in [1.54, 1.807) is 27.7 Å². The average molecular weight is 286 g/mol. The Bertz CT molecular complexity index is 349. The SMILES string of the molecule is CC(C)(C)C(=O)NCCCC(=O)NC(C)(C)C(C)(C)O. The van der Waals surface area contributed by atoms with E-state index in [9.17, 15) is 14.7 Å². The van der Waals surface area contributed by atoms with Gasteiger partial charge in [-0.15, -0.1) is 0 Å². The molecule has 0 aromatic carbocycles. The number of carbonyl (C=O) groups excluding carboxylic acids is 2. The van der Waals surface area contributed by atoms with Crippen molar-refractivity contribution >= 4 is 11.8 Å². The van der Waals surface area contributed by atoms with Crippen molar-refractivity contribution < 1.29 is 14.7 Å². The predicted octanol–water partition coefficient (Wildman–Crippen LogP) is 1.59. The Morgan fingerprint density at radius 3 is 1.90 bits per heavy atom. The summed E-state index contributed by atoms with van der Waals surface area (Å²) in [5.74, 6) is -0.142. The molecule has 0 radical (unpaired) electrons. The first-order valence-electron chi connectivity index (χ1n) is 7.09. The second-order valence-electron chi connectivity index (χ2n) is 7.34. The van der Waals surface area contributed by atoms with E-state index in [0.29, 0.717) is 19.4 Å². The first kappa shape index (κ1) is 18.9. The molecule has 0 spiro atoms. The summed E-state index contributed by atoms with van der Waals surface area (Å²) in [5, 5.41) is 15.6. The maximum atomic E-state index is 11.8. The zero-order valence-corrected chi connectivity index (χ0v) is 13.9. The molecule has 118 valence electrons. The van der Waals surface area contributed by atoms with Gasteiger partial charge in [0.15, 0.2) is 0 Å². The highest BCUT2D eigenvalue weighted by Gasteiger charge is 2.36. The highest BCUT2D eigenvalue weighted by Crippen LogP contribution is 2.20. The molecule has 0 saturated heterocycles. The maximum Gasteiger partial charge on any atom is 0.225 e. The van der Waals surface area contributed by atoms with Crippen LogP contribution in [0.5, 0.6) is 0 Å². The Balaban J connectivity index is 4.06. The van der Waals surface area contributed by atoms with Crippen LogP contribution >= 0.6 is 0 Å². The monoisotopic (exact) mass is 286 g/mol. The molecule has 0 atom stereocenters. The Labute approximate surface area is 122 Å². The molecule has 3 N–H and O–H groups in total. The molecule has 0 heterocycles. The van der Waals surface area contributed by atoms with Gasteiger partial charge in [-0.3, -0.25) is 9.59 Å². The Hall–Kier alpha value is -1.10. The number of nitrogens with one attached hydrogen (secondary N) is 2. The summed E-state index contributed by atoms with van der Waals surface area (Å²) < 4.78 is 0. The highest BCUT2D eigenvalue weighted by molar-refractivity contribution is 5.81. The summed E-state index contributed by atoms with van der Waals surface area (Å²) in [5.41, 5.74) is -2.10. The van der Waals surface area contributed by atoms with Crippen molar-refractivity contribution in [2.45, 2.75) is 72.4 Å². The molecule has 5 heteroatoms. The molecule has 0 aromatic rings. The zero-order valence-electron chi connectivity index (χ0n) is 13.9. The largest absolute Gasteiger partial charge is 0.388 e. The van der Waals surface area contributed by atoms with Gasteiger partial charge in [0.05, 0.1) is 11.1 Å². The Morgan fingerprint density at radius 1 is 1.00 bits per heavy atom. The normalized spacial score (nSPS) is 13.0. The van der Waals surface area contributed by atoms with Gasteiger partial charge in [0.1, 0.15) is 0 Å². The quantitative estimate of drug-likeness (QED) is 0.649. The van der Waals surface area contributed by atoms with Gasteiger partial charge in [-0.25, -0.2) is 0 Å². The van der Waals surface area contributed by atoms with Crippen LogP contribution in [0.4, 0.5) is 0 Å². The fourth-order valence-electron chi connectivity index (χ4n) is 1.28. The van der Waals surface area contributed by atoms with E-state index in [1.807, 2.05) is 20.8 Å². The smallest absolute Gasteiger partial charge is 0.225 e. The molecule has 0 saturated carbocycles. The van der Waals surface area contributed by atoms with Gasteiger partial charge in [0, 0.05) is 18.4 Å². The minimum atomic E-state index is -0.997. The molecule has 0 aliphatic heterocycles. The Kier molecular flexibility index (Phi) is 6.21. The van der Waals surface area contributed by atoms with Crippen molar-refractivity contribution in [3.63, 3.8) is 0 Å². The second-order valence-corrected chi connectivity index (χ2v) is 7.34. The summed E-state index contributed by atoms with van der Waals surface area (Å²) >= 11 is 0.